The number of nitrogens with zero attached hydrogens (tertiary/aromatic N) is 3. The molecule has 0 saturated heterocycles. The van der Waals surface area contributed by atoms with Crippen LogP contribution in [-0.2, 0) is 6.54 Å². The summed E-state index contributed by atoms with van der Waals surface area (Å²) in [5.41, 5.74) is 2.86. The predicted molar refractivity (Wildman–Crippen MR) is 76.0 cm³/mol. The zero-order valence-corrected chi connectivity index (χ0v) is 11.2. The third kappa shape index (κ3) is 3.95. The maximum absolute atomic E-state index is 8.86. The molecule has 1 aliphatic rings. The molecule has 0 fully saturated rings. The van der Waals surface area contributed by atoms with Crippen molar-refractivity contribution in [2.24, 2.45) is 5.16 Å². The van der Waals surface area contributed by atoms with Crippen LogP contribution in [0, 0.1) is 0 Å². The van der Waals surface area contributed by atoms with Gasteiger partial charge in [0.15, 0.2) is 0 Å². The highest BCUT2D eigenvalue weighted by molar-refractivity contribution is 5.83. The molecular formula is C15H19N3O. The minimum atomic E-state index is 0.600. The van der Waals surface area contributed by atoms with Crippen molar-refractivity contribution in [3.63, 3.8) is 0 Å². The van der Waals surface area contributed by atoms with Gasteiger partial charge in [-0.15, -0.1) is 0 Å². The lowest BCUT2D eigenvalue weighted by Gasteiger charge is -2.26. The maximum atomic E-state index is 8.86. The van der Waals surface area contributed by atoms with E-state index in [1.54, 1.807) is 6.20 Å². The number of pyridine rings is 1. The number of allylic oxidation sites excluding steroid dienone is 3. The van der Waals surface area contributed by atoms with Crippen molar-refractivity contribution >= 4 is 5.71 Å². The van der Waals surface area contributed by atoms with Crippen molar-refractivity contribution < 1.29 is 5.21 Å². The summed E-state index contributed by atoms with van der Waals surface area (Å²) in [5, 5.41) is 12.1. The molecule has 1 aromatic rings. The van der Waals surface area contributed by atoms with Gasteiger partial charge in [0, 0.05) is 11.9 Å². The summed E-state index contributed by atoms with van der Waals surface area (Å²) in [5.74, 6) is 0. The largest absolute Gasteiger partial charge is 0.411 e. The second kappa shape index (κ2) is 6.73. The molecule has 2 rings (SSSR count). The highest BCUT2D eigenvalue weighted by Crippen LogP contribution is 2.16. The first kappa shape index (κ1) is 13.3. The van der Waals surface area contributed by atoms with Crippen LogP contribution in [0.5, 0.6) is 0 Å². The lowest BCUT2D eigenvalue weighted by molar-refractivity contribution is 0.310. The summed E-state index contributed by atoms with van der Waals surface area (Å²) < 4.78 is 0. The van der Waals surface area contributed by atoms with E-state index in [2.05, 4.69) is 33.3 Å². The second-order valence-electron chi connectivity index (χ2n) is 4.62. The van der Waals surface area contributed by atoms with E-state index in [1.165, 1.54) is 5.70 Å². The zero-order valence-electron chi connectivity index (χ0n) is 11.2. The molecule has 1 aliphatic carbocycles. The van der Waals surface area contributed by atoms with E-state index in [1.807, 2.05) is 25.1 Å². The molecular weight excluding hydrogens is 238 g/mol. The van der Waals surface area contributed by atoms with Crippen molar-refractivity contribution in [3.05, 3.63) is 54.0 Å². The van der Waals surface area contributed by atoms with Gasteiger partial charge >= 0.3 is 0 Å². The van der Waals surface area contributed by atoms with Crippen LogP contribution in [0.2, 0.25) is 0 Å². The van der Waals surface area contributed by atoms with Gasteiger partial charge in [-0.25, -0.2) is 0 Å². The number of oxime groups is 1. The minimum Gasteiger partial charge on any atom is -0.411 e. The van der Waals surface area contributed by atoms with Crippen LogP contribution in [0.3, 0.4) is 0 Å². The van der Waals surface area contributed by atoms with Crippen LogP contribution in [0.15, 0.2) is 53.5 Å². The first-order valence-corrected chi connectivity index (χ1v) is 6.48. The molecule has 0 amide bonds. The number of aromatic nitrogens is 1. The van der Waals surface area contributed by atoms with E-state index < -0.39 is 0 Å². The first-order valence-electron chi connectivity index (χ1n) is 6.48. The molecule has 100 valence electrons. The fraction of sp³-hybridized carbons (Fsp3) is 0.333. The van der Waals surface area contributed by atoms with Gasteiger partial charge in [-0.1, -0.05) is 23.4 Å². The average molecular weight is 257 g/mol. The molecule has 0 atom stereocenters. The van der Waals surface area contributed by atoms with Crippen molar-refractivity contribution in [1.82, 2.24) is 9.88 Å². The standard InChI is InChI=1S/C15H19N3O/c1-13(17-19)11-18(15-8-3-2-4-9-15)12-14-7-5-6-10-16-14/h3,5-10,19H,2,4,11-12H2,1H3/b17-13+. The van der Waals surface area contributed by atoms with Crippen molar-refractivity contribution in [3.8, 4) is 0 Å². The molecule has 0 aliphatic heterocycles. The molecule has 0 radical (unpaired) electrons. The van der Waals surface area contributed by atoms with E-state index in [4.69, 9.17) is 5.21 Å². The Morgan fingerprint density at radius 3 is 2.95 bits per heavy atom. The highest BCUT2D eigenvalue weighted by Gasteiger charge is 2.11. The fourth-order valence-electron chi connectivity index (χ4n) is 2.07. The third-order valence-electron chi connectivity index (χ3n) is 3.01. The summed E-state index contributed by atoms with van der Waals surface area (Å²) in [4.78, 5) is 6.52. The first-order chi connectivity index (χ1) is 9.29. The molecule has 0 bridgehead atoms. The van der Waals surface area contributed by atoms with E-state index in [9.17, 15) is 0 Å². The van der Waals surface area contributed by atoms with Gasteiger partial charge in [-0.3, -0.25) is 4.98 Å². The Kier molecular flexibility index (Phi) is 4.72. The predicted octanol–water partition coefficient (Wildman–Crippen LogP) is 2.97. The van der Waals surface area contributed by atoms with Gasteiger partial charge in [-0.05, 0) is 38.0 Å². The molecule has 0 unspecified atom stereocenters. The molecule has 4 nitrogen and oxygen atoms in total. The summed E-state index contributed by atoms with van der Waals surface area (Å²) in [6.45, 7) is 3.13. The second-order valence-corrected chi connectivity index (χ2v) is 4.62. The Balaban J connectivity index is 2.14. The Morgan fingerprint density at radius 1 is 1.42 bits per heavy atom. The fourth-order valence-corrected chi connectivity index (χ4v) is 2.07. The molecule has 1 aromatic heterocycles. The number of hydrogen-bond acceptors (Lipinski definition) is 4. The zero-order chi connectivity index (χ0) is 13.5. The van der Waals surface area contributed by atoms with E-state index in [0.29, 0.717) is 18.8 Å². The van der Waals surface area contributed by atoms with E-state index in [0.717, 1.165) is 18.5 Å². The number of hydrogen-bond donors (Lipinski definition) is 1. The molecule has 0 saturated carbocycles. The van der Waals surface area contributed by atoms with Crippen LogP contribution >= 0.6 is 0 Å². The maximum Gasteiger partial charge on any atom is 0.0732 e. The Hall–Kier alpha value is -2.10. The topological polar surface area (TPSA) is 48.7 Å². The van der Waals surface area contributed by atoms with Crippen molar-refractivity contribution in [2.75, 3.05) is 6.54 Å². The summed E-state index contributed by atoms with van der Waals surface area (Å²) in [6, 6.07) is 5.90. The minimum absolute atomic E-state index is 0.600. The van der Waals surface area contributed by atoms with Crippen molar-refractivity contribution in [1.29, 1.82) is 0 Å². The van der Waals surface area contributed by atoms with Gasteiger partial charge in [0.1, 0.15) is 0 Å². The molecule has 0 aromatic carbocycles. The SMILES string of the molecule is C/C(CN(Cc1ccccn1)C1=CCCC=C1)=N\O. The van der Waals surface area contributed by atoms with Gasteiger partial charge < -0.3 is 10.1 Å². The van der Waals surface area contributed by atoms with E-state index in [-0.39, 0.29) is 0 Å². The van der Waals surface area contributed by atoms with Crippen LogP contribution in [0.25, 0.3) is 0 Å². The number of rotatable bonds is 5. The normalized spacial score (nSPS) is 15.2. The molecule has 1 N–H and O–H groups in total. The average Bonchev–Trinajstić information content (AvgIpc) is 2.48. The summed E-state index contributed by atoms with van der Waals surface area (Å²) in [6.07, 6.45) is 10.5. The molecule has 19 heavy (non-hydrogen) atoms. The van der Waals surface area contributed by atoms with E-state index >= 15 is 0 Å². The van der Waals surface area contributed by atoms with Crippen LogP contribution in [0.1, 0.15) is 25.5 Å². The Labute approximate surface area is 113 Å². The quantitative estimate of drug-likeness (QED) is 0.501. The Morgan fingerprint density at radius 2 is 2.32 bits per heavy atom. The smallest absolute Gasteiger partial charge is 0.0732 e. The van der Waals surface area contributed by atoms with Crippen LogP contribution < -0.4 is 0 Å². The van der Waals surface area contributed by atoms with Crippen LogP contribution in [0.4, 0.5) is 0 Å². The summed E-state index contributed by atoms with van der Waals surface area (Å²) in [7, 11) is 0. The van der Waals surface area contributed by atoms with Gasteiger partial charge in [0.2, 0.25) is 0 Å². The van der Waals surface area contributed by atoms with Gasteiger partial charge in [0.05, 0.1) is 24.5 Å². The lowest BCUT2D eigenvalue weighted by atomic mass is 10.1. The lowest BCUT2D eigenvalue weighted by Crippen LogP contribution is -2.28. The molecule has 0 spiro atoms. The molecule has 1 heterocycles. The third-order valence-corrected chi connectivity index (χ3v) is 3.01. The molecule has 4 heteroatoms. The highest BCUT2D eigenvalue weighted by atomic mass is 16.4. The monoisotopic (exact) mass is 257 g/mol. The van der Waals surface area contributed by atoms with Gasteiger partial charge in [-0.2, -0.15) is 0 Å². The van der Waals surface area contributed by atoms with Gasteiger partial charge in [0.25, 0.3) is 0 Å². The van der Waals surface area contributed by atoms with Crippen molar-refractivity contribution in [2.45, 2.75) is 26.3 Å². The van der Waals surface area contributed by atoms with Crippen LogP contribution in [-0.4, -0.2) is 27.3 Å². The summed E-state index contributed by atoms with van der Waals surface area (Å²) >= 11 is 0. The Bertz CT molecular complexity index is 491.